The standard InChI is InChI=1S/C17H20N2O2/c1-14(15-7-3-2-4-8-15)11-12-18-13-16-9-5-6-10-17(16)19(20)21/h2-10,14,18H,11-13H2,1H3. The maximum Gasteiger partial charge on any atom is 0.273 e. The van der Waals surface area contributed by atoms with Crippen molar-refractivity contribution in [2.45, 2.75) is 25.8 Å². The Labute approximate surface area is 125 Å². The van der Waals surface area contributed by atoms with Crippen LogP contribution in [0.3, 0.4) is 0 Å². The van der Waals surface area contributed by atoms with Crippen molar-refractivity contribution in [2.24, 2.45) is 0 Å². The lowest BCUT2D eigenvalue weighted by molar-refractivity contribution is -0.385. The first-order valence-electron chi connectivity index (χ1n) is 7.16. The molecule has 21 heavy (non-hydrogen) atoms. The molecule has 2 aromatic rings. The van der Waals surface area contributed by atoms with E-state index >= 15 is 0 Å². The van der Waals surface area contributed by atoms with Crippen LogP contribution in [0.4, 0.5) is 5.69 Å². The Bertz CT molecular complexity index is 584. The van der Waals surface area contributed by atoms with Gasteiger partial charge >= 0.3 is 0 Å². The zero-order valence-electron chi connectivity index (χ0n) is 12.2. The fourth-order valence-corrected chi connectivity index (χ4v) is 2.33. The molecule has 1 N–H and O–H groups in total. The average Bonchev–Trinajstić information content (AvgIpc) is 2.52. The second kappa shape index (κ2) is 7.55. The van der Waals surface area contributed by atoms with Crippen LogP contribution in [0.2, 0.25) is 0 Å². The van der Waals surface area contributed by atoms with Crippen LogP contribution in [0.1, 0.15) is 30.4 Å². The summed E-state index contributed by atoms with van der Waals surface area (Å²) in [6.45, 7) is 3.56. The fourth-order valence-electron chi connectivity index (χ4n) is 2.33. The largest absolute Gasteiger partial charge is 0.312 e. The van der Waals surface area contributed by atoms with E-state index < -0.39 is 0 Å². The minimum Gasteiger partial charge on any atom is -0.312 e. The number of hydrogen-bond donors (Lipinski definition) is 1. The van der Waals surface area contributed by atoms with E-state index in [0.717, 1.165) is 18.5 Å². The molecular weight excluding hydrogens is 264 g/mol. The van der Waals surface area contributed by atoms with Gasteiger partial charge < -0.3 is 5.32 Å². The first kappa shape index (κ1) is 15.2. The third-order valence-electron chi connectivity index (χ3n) is 3.63. The van der Waals surface area contributed by atoms with Crippen LogP contribution in [0.25, 0.3) is 0 Å². The summed E-state index contributed by atoms with van der Waals surface area (Å²) in [7, 11) is 0. The van der Waals surface area contributed by atoms with Gasteiger partial charge in [0.25, 0.3) is 5.69 Å². The van der Waals surface area contributed by atoms with Crippen LogP contribution in [-0.4, -0.2) is 11.5 Å². The van der Waals surface area contributed by atoms with Crippen LogP contribution in [-0.2, 0) is 6.54 Å². The molecule has 0 saturated heterocycles. The van der Waals surface area contributed by atoms with Gasteiger partial charge in [0, 0.05) is 18.2 Å². The van der Waals surface area contributed by atoms with Gasteiger partial charge in [-0.1, -0.05) is 55.5 Å². The highest BCUT2D eigenvalue weighted by molar-refractivity contribution is 5.39. The van der Waals surface area contributed by atoms with E-state index in [1.165, 1.54) is 5.56 Å². The number of hydrogen-bond acceptors (Lipinski definition) is 3. The van der Waals surface area contributed by atoms with Crippen LogP contribution in [0.15, 0.2) is 54.6 Å². The zero-order chi connectivity index (χ0) is 15.1. The third-order valence-corrected chi connectivity index (χ3v) is 3.63. The maximum atomic E-state index is 10.9. The Morgan fingerprint density at radius 1 is 1.10 bits per heavy atom. The molecule has 2 aromatic carbocycles. The number of nitrogens with one attached hydrogen (secondary N) is 1. The highest BCUT2D eigenvalue weighted by Gasteiger charge is 2.11. The van der Waals surface area contributed by atoms with Gasteiger partial charge in [-0.15, -0.1) is 0 Å². The minimum absolute atomic E-state index is 0.182. The molecule has 0 radical (unpaired) electrons. The molecule has 0 aliphatic carbocycles. The Kier molecular flexibility index (Phi) is 5.46. The van der Waals surface area contributed by atoms with Crippen molar-refractivity contribution in [3.63, 3.8) is 0 Å². The van der Waals surface area contributed by atoms with Gasteiger partial charge in [-0.2, -0.15) is 0 Å². The van der Waals surface area contributed by atoms with Crippen LogP contribution in [0, 0.1) is 10.1 Å². The first-order valence-corrected chi connectivity index (χ1v) is 7.16. The van der Waals surface area contributed by atoms with Crippen LogP contribution < -0.4 is 5.32 Å². The topological polar surface area (TPSA) is 55.2 Å². The minimum atomic E-state index is -0.330. The van der Waals surface area contributed by atoms with Gasteiger partial charge in [-0.25, -0.2) is 0 Å². The summed E-state index contributed by atoms with van der Waals surface area (Å²) in [5.74, 6) is 0.476. The van der Waals surface area contributed by atoms with Gasteiger partial charge in [0.15, 0.2) is 0 Å². The third kappa shape index (κ3) is 4.39. The molecule has 0 heterocycles. The van der Waals surface area contributed by atoms with E-state index in [-0.39, 0.29) is 10.6 Å². The SMILES string of the molecule is CC(CCNCc1ccccc1[N+](=O)[O-])c1ccccc1. The van der Waals surface area contributed by atoms with Crippen molar-refractivity contribution < 1.29 is 4.92 Å². The number of para-hydroxylation sites is 1. The van der Waals surface area contributed by atoms with Crippen molar-refractivity contribution >= 4 is 5.69 Å². The lowest BCUT2D eigenvalue weighted by Gasteiger charge is -2.12. The highest BCUT2D eigenvalue weighted by atomic mass is 16.6. The van der Waals surface area contributed by atoms with E-state index in [0.29, 0.717) is 12.5 Å². The number of nitro groups is 1. The average molecular weight is 284 g/mol. The summed E-state index contributed by atoms with van der Waals surface area (Å²) in [6, 6.07) is 17.2. The molecule has 0 aromatic heterocycles. The molecule has 1 atom stereocenters. The van der Waals surface area contributed by atoms with E-state index in [1.807, 2.05) is 24.3 Å². The molecule has 0 spiro atoms. The van der Waals surface area contributed by atoms with Crippen molar-refractivity contribution in [1.82, 2.24) is 5.32 Å². The summed E-state index contributed by atoms with van der Waals surface area (Å²) >= 11 is 0. The molecule has 0 amide bonds. The van der Waals surface area contributed by atoms with Crippen molar-refractivity contribution in [1.29, 1.82) is 0 Å². The van der Waals surface area contributed by atoms with E-state index in [2.05, 4.69) is 24.4 Å². The van der Waals surface area contributed by atoms with Crippen molar-refractivity contribution in [3.8, 4) is 0 Å². The van der Waals surface area contributed by atoms with Crippen molar-refractivity contribution in [2.75, 3.05) is 6.54 Å². The zero-order valence-corrected chi connectivity index (χ0v) is 12.2. The van der Waals surface area contributed by atoms with Crippen LogP contribution in [0.5, 0.6) is 0 Å². The first-order chi connectivity index (χ1) is 10.2. The number of rotatable bonds is 7. The molecule has 4 heteroatoms. The normalized spacial score (nSPS) is 12.0. The molecule has 2 rings (SSSR count). The summed E-state index contributed by atoms with van der Waals surface area (Å²) in [4.78, 5) is 10.6. The van der Waals surface area contributed by atoms with Crippen molar-refractivity contribution in [3.05, 3.63) is 75.8 Å². The second-order valence-corrected chi connectivity index (χ2v) is 5.16. The summed E-state index contributed by atoms with van der Waals surface area (Å²) in [5, 5.41) is 14.2. The summed E-state index contributed by atoms with van der Waals surface area (Å²) in [6.07, 6.45) is 1.00. The maximum absolute atomic E-state index is 10.9. The summed E-state index contributed by atoms with van der Waals surface area (Å²) in [5.41, 5.74) is 2.24. The fraction of sp³-hybridized carbons (Fsp3) is 0.294. The molecule has 0 fully saturated rings. The lowest BCUT2D eigenvalue weighted by Crippen LogP contribution is -2.17. The van der Waals surface area contributed by atoms with Gasteiger partial charge in [0.05, 0.1) is 4.92 Å². The predicted octanol–water partition coefficient (Wildman–Crippen LogP) is 3.88. The smallest absolute Gasteiger partial charge is 0.273 e. The van der Waals surface area contributed by atoms with Crippen LogP contribution >= 0.6 is 0 Å². The number of nitrogens with zero attached hydrogens (tertiary/aromatic N) is 1. The Morgan fingerprint density at radius 2 is 1.76 bits per heavy atom. The van der Waals surface area contributed by atoms with Gasteiger partial charge in [0.2, 0.25) is 0 Å². The molecule has 0 saturated carbocycles. The van der Waals surface area contributed by atoms with Gasteiger partial charge in [0.1, 0.15) is 0 Å². The van der Waals surface area contributed by atoms with E-state index in [9.17, 15) is 10.1 Å². The van der Waals surface area contributed by atoms with Gasteiger partial charge in [-0.05, 0) is 24.4 Å². The summed E-state index contributed by atoms with van der Waals surface area (Å²) < 4.78 is 0. The Hall–Kier alpha value is -2.20. The highest BCUT2D eigenvalue weighted by Crippen LogP contribution is 2.19. The number of nitro benzene ring substituents is 1. The predicted molar refractivity (Wildman–Crippen MR) is 84.3 cm³/mol. The monoisotopic (exact) mass is 284 g/mol. The van der Waals surface area contributed by atoms with Gasteiger partial charge in [-0.3, -0.25) is 10.1 Å². The Morgan fingerprint density at radius 3 is 2.48 bits per heavy atom. The number of benzene rings is 2. The van der Waals surface area contributed by atoms with E-state index in [4.69, 9.17) is 0 Å². The molecule has 110 valence electrons. The lowest BCUT2D eigenvalue weighted by atomic mass is 9.98. The molecule has 0 aliphatic rings. The molecule has 0 aliphatic heterocycles. The molecule has 4 nitrogen and oxygen atoms in total. The molecule has 0 bridgehead atoms. The Balaban J connectivity index is 1.81. The van der Waals surface area contributed by atoms with E-state index in [1.54, 1.807) is 18.2 Å². The molecular formula is C17H20N2O2. The molecule has 1 unspecified atom stereocenters. The second-order valence-electron chi connectivity index (χ2n) is 5.16. The quantitative estimate of drug-likeness (QED) is 0.477.